The zero-order valence-electron chi connectivity index (χ0n) is 7.48. The lowest BCUT2D eigenvalue weighted by atomic mass is 10.0. The van der Waals surface area contributed by atoms with Crippen LogP contribution in [0, 0.1) is 0 Å². The fourth-order valence-corrected chi connectivity index (χ4v) is 2.39. The van der Waals surface area contributed by atoms with Crippen LogP contribution in [0.5, 0.6) is 0 Å². The molecule has 0 unspecified atom stereocenters. The Bertz CT molecular complexity index is 163. The molecular formula is C8H16N2S. The lowest BCUT2D eigenvalue weighted by molar-refractivity contribution is 0.446. The van der Waals surface area contributed by atoms with Crippen molar-refractivity contribution in [3.8, 4) is 0 Å². The van der Waals surface area contributed by atoms with Crippen LogP contribution in [0.1, 0.15) is 27.2 Å². The van der Waals surface area contributed by atoms with Gasteiger partial charge in [-0.3, -0.25) is 4.99 Å². The molecule has 0 aromatic heterocycles. The van der Waals surface area contributed by atoms with Crippen molar-refractivity contribution in [3.05, 3.63) is 0 Å². The smallest absolute Gasteiger partial charge is 0.156 e. The summed E-state index contributed by atoms with van der Waals surface area (Å²) >= 11 is 1.83. The molecule has 1 fully saturated rings. The fraction of sp³-hybridized carbons (Fsp3) is 0.875. The number of thioether (sulfide) groups is 1. The van der Waals surface area contributed by atoms with Crippen LogP contribution in [0.2, 0.25) is 0 Å². The van der Waals surface area contributed by atoms with Crippen molar-refractivity contribution >= 4 is 16.9 Å². The van der Waals surface area contributed by atoms with Crippen molar-refractivity contribution in [2.24, 2.45) is 4.99 Å². The topological polar surface area (TPSA) is 24.4 Å². The van der Waals surface area contributed by atoms with E-state index in [0.29, 0.717) is 0 Å². The standard InChI is InChI=1S/C8H16N2S/c1-4-9-7-10-8(2,3)5-6-11-7/h4-6H2,1-3H3,(H,9,10). The highest BCUT2D eigenvalue weighted by atomic mass is 32.2. The summed E-state index contributed by atoms with van der Waals surface area (Å²) < 4.78 is 0. The van der Waals surface area contributed by atoms with E-state index in [1.54, 1.807) is 0 Å². The minimum Gasteiger partial charge on any atom is -0.360 e. The van der Waals surface area contributed by atoms with Gasteiger partial charge in [-0.25, -0.2) is 0 Å². The van der Waals surface area contributed by atoms with E-state index >= 15 is 0 Å². The molecule has 0 aromatic carbocycles. The summed E-state index contributed by atoms with van der Waals surface area (Å²) in [5, 5.41) is 4.52. The Morgan fingerprint density at radius 3 is 2.91 bits per heavy atom. The molecule has 0 amide bonds. The highest BCUT2D eigenvalue weighted by Crippen LogP contribution is 2.21. The van der Waals surface area contributed by atoms with E-state index in [9.17, 15) is 0 Å². The van der Waals surface area contributed by atoms with Gasteiger partial charge in [-0.1, -0.05) is 11.8 Å². The average Bonchev–Trinajstić information content (AvgIpc) is 1.85. The maximum atomic E-state index is 4.35. The molecular weight excluding hydrogens is 156 g/mol. The molecule has 64 valence electrons. The zero-order valence-corrected chi connectivity index (χ0v) is 8.29. The molecule has 1 saturated heterocycles. The average molecular weight is 172 g/mol. The van der Waals surface area contributed by atoms with Crippen LogP contribution in [0.15, 0.2) is 4.99 Å². The van der Waals surface area contributed by atoms with Crippen LogP contribution in [-0.2, 0) is 0 Å². The quantitative estimate of drug-likeness (QED) is 0.653. The second kappa shape index (κ2) is 3.48. The Hall–Kier alpha value is -0.180. The van der Waals surface area contributed by atoms with Crippen molar-refractivity contribution in [2.75, 3.05) is 12.3 Å². The van der Waals surface area contributed by atoms with Gasteiger partial charge in [-0.05, 0) is 27.2 Å². The third-order valence-electron chi connectivity index (χ3n) is 1.71. The van der Waals surface area contributed by atoms with E-state index < -0.39 is 0 Å². The van der Waals surface area contributed by atoms with Gasteiger partial charge >= 0.3 is 0 Å². The summed E-state index contributed by atoms with van der Waals surface area (Å²) in [5.41, 5.74) is 0.249. The molecule has 0 radical (unpaired) electrons. The van der Waals surface area contributed by atoms with Crippen molar-refractivity contribution in [3.63, 3.8) is 0 Å². The van der Waals surface area contributed by atoms with Crippen LogP contribution >= 0.6 is 11.8 Å². The van der Waals surface area contributed by atoms with E-state index in [2.05, 4.69) is 31.1 Å². The first-order valence-electron chi connectivity index (χ1n) is 4.09. The minimum atomic E-state index is 0.249. The van der Waals surface area contributed by atoms with E-state index in [-0.39, 0.29) is 5.54 Å². The third-order valence-corrected chi connectivity index (χ3v) is 2.63. The van der Waals surface area contributed by atoms with Crippen LogP contribution in [0.3, 0.4) is 0 Å². The number of rotatable bonds is 1. The highest BCUT2D eigenvalue weighted by molar-refractivity contribution is 8.13. The predicted octanol–water partition coefficient (Wildman–Crippen LogP) is 1.87. The largest absolute Gasteiger partial charge is 0.360 e. The van der Waals surface area contributed by atoms with E-state index in [0.717, 1.165) is 11.7 Å². The monoisotopic (exact) mass is 172 g/mol. The van der Waals surface area contributed by atoms with Gasteiger partial charge in [0.2, 0.25) is 0 Å². The van der Waals surface area contributed by atoms with Crippen molar-refractivity contribution in [1.29, 1.82) is 0 Å². The molecule has 1 heterocycles. The zero-order chi connectivity index (χ0) is 8.32. The Balaban J connectivity index is 2.53. The SMILES string of the molecule is CCN=C1NC(C)(C)CCS1. The maximum Gasteiger partial charge on any atom is 0.156 e. The van der Waals surface area contributed by atoms with Crippen LogP contribution in [0.25, 0.3) is 0 Å². The maximum absolute atomic E-state index is 4.35. The molecule has 0 bridgehead atoms. The molecule has 2 nitrogen and oxygen atoms in total. The Morgan fingerprint density at radius 2 is 2.36 bits per heavy atom. The molecule has 1 rings (SSSR count). The van der Waals surface area contributed by atoms with Crippen LogP contribution in [-0.4, -0.2) is 23.0 Å². The predicted molar refractivity (Wildman–Crippen MR) is 52.3 cm³/mol. The van der Waals surface area contributed by atoms with Gasteiger partial charge in [-0.2, -0.15) is 0 Å². The third kappa shape index (κ3) is 2.73. The Labute approximate surface area is 72.9 Å². The molecule has 1 aliphatic heterocycles. The molecule has 1 N–H and O–H groups in total. The van der Waals surface area contributed by atoms with Gasteiger partial charge in [0.15, 0.2) is 5.17 Å². The number of hydrogen-bond acceptors (Lipinski definition) is 2. The normalized spacial score (nSPS) is 26.6. The minimum absolute atomic E-state index is 0.249. The van der Waals surface area contributed by atoms with Gasteiger partial charge in [0.25, 0.3) is 0 Å². The van der Waals surface area contributed by atoms with E-state index in [1.165, 1.54) is 12.2 Å². The molecule has 1 aliphatic rings. The molecule has 11 heavy (non-hydrogen) atoms. The number of nitrogens with zero attached hydrogens (tertiary/aromatic N) is 1. The van der Waals surface area contributed by atoms with Gasteiger partial charge < -0.3 is 5.32 Å². The van der Waals surface area contributed by atoms with Gasteiger partial charge in [-0.15, -0.1) is 0 Å². The van der Waals surface area contributed by atoms with Crippen molar-refractivity contribution < 1.29 is 0 Å². The van der Waals surface area contributed by atoms with Gasteiger partial charge in [0.1, 0.15) is 0 Å². The first-order valence-corrected chi connectivity index (χ1v) is 5.08. The Kier molecular flexibility index (Phi) is 2.82. The number of nitrogens with one attached hydrogen (secondary N) is 1. The van der Waals surface area contributed by atoms with Crippen molar-refractivity contribution in [1.82, 2.24) is 5.32 Å². The molecule has 0 aromatic rings. The van der Waals surface area contributed by atoms with E-state index in [1.807, 2.05) is 11.8 Å². The lowest BCUT2D eigenvalue weighted by Crippen LogP contribution is -2.46. The summed E-state index contributed by atoms with van der Waals surface area (Å²) in [4.78, 5) is 4.35. The van der Waals surface area contributed by atoms with Crippen molar-refractivity contribution in [2.45, 2.75) is 32.7 Å². The number of hydrogen-bond donors (Lipinski definition) is 1. The first kappa shape index (κ1) is 8.91. The van der Waals surface area contributed by atoms with Gasteiger partial charge in [0.05, 0.1) is 0 Å². The van der Waals surface area contributed by atoms with Crippen LogP contribution in [0.4, 0.5) is 0 Å². The highest BCUT2D eigenvalue weighted by Gasteiger charge is 2.23. The fourth-order valence-electron chi connectivity index (χ4n) is 1.02. The summed E-state index contributed by atoms with van der Waals surface area (Å²) in [6.45, 7) is 7.39. The van der Waals surface area contributed by atoms with Gasteiger partial charge in [0, 0.05) is 17.8 Å². The molecule has 0 saturated carbocycles. The number of amidine groups is 1. The summed E-state index contributed by atoms with van der Waals surface area (Å²) in [6, 6.07) is 0. The number of aliphatic imine (C=N–C) groups is 1. The molecule has 0 aliphatic carbocycles. The summed E-state index contributed by atoms with van der Waals surface area (Å²) in [7, 11) is 0. The molecule has 3 heteroatoms. The van der Waals surface area contributed by atoms with E-state index in [4.69, 9.17) is 0 Å². The lowest BCUT2D eigenvalue weighted by Gasteiger charge is -2.32. The Morgan fingerprint density at radius 1 is 1.64 bits per heavy atom. The van der Waals surface area contributed by atoms with Crippen LogP contribution < -0.4 is 5.32 Å². The molecule has 0 atom stereocenters. The summed E-state index contributed by atoms with van der Waals surface area (Å²) in [5.74, 6) is 1.19. The second-order valence-electron chi connectivity index (χ2n) is 3.39. The molecule has 0 spiro atoms. The summed E-state index contributed by atoms with van der Waals surface area (Å²) in [6.07, 6.45) is 1.22. The first-order chi connectivity index (χ1) is 5.14. The second-order valence-corrected chi connectivity index (χ2v) is 4.47.